The number of aryl methyl sites for hydroxylation is 2. The molecule has 2 aromatic rings. The van der Waals surface area contributed by atoms with Crippen LogP contribution in [0.3, 0.4) is 0 Å². The van der Waals surface area contributed by atoms with Gasteiger partial charge in [0.15, 0.2) is 0 Å². The van der Waals surface area contributed by atoms with E-state index in [0.29, 0.717) is 67.3 Å². The smallest absolute Gasteiger partial charge is 0.248 e. The molecule has 1 aromatic carbocycles. The van der Waals surface area contributed by atoms with Crippen LogP contribution in [0.15, 0.2) is 41.6 Å². The topological polar surface area (TPSA) is 105 Å². The van der Waals surface area contributed by atoms with Crippen molar-refractivity contribution in [1.82, 2.24) is 24.0 Å². The van der Waals surface area contributed by atoms with Gasteiger partial charge in [-0.25, -0.2) is 8.42 Å². The molecule has 3 saturated heterocycles. The minimum absolute atomic E-state index is 0.0743. The van der Waals surface area contributed by atoms with Crippen LogP contribution < -0.4 is 4.74 Å². The molecule has 3 aliphatic heterocycles. The van der Waals surface area contributed by atoms with Gasteiger partial charge in [-0.3, -0.25) is 14.7 Å². The van der Waals surface area contributed by atoms with Gasteiger partial charge in [0.1, 0.15) is 12.4 Å². The molecule has 1 aromatic heterocycles. The summed E-state index contributed by atoms with van der Waals surface area (Å²) < 4.78 is 47.3. The van der Waals surface area contributed by atoms with E-state index >= 15 is 0 Å². The highest BCUT2D eigenvalue weighted by Crippen LogP contribution is 2.37. The van der Waals surface area contributed by atoms with Crippen molar-refractivity contribution in [3.63, 3.8) is 0 Å². The second-order valence-corrected chi connectivity index (χ2v) is 14.8. The number of nitrogens with zero attached hydrogens (tertiary/aromatic N) is 5. The third kappa shape index (κ3) is 8.08. The Morgan fingerprint density at radius 1 is 1.02 bits per heavy atom. The number of ether oxygens (including phenoxy) is 3. The van der Waals surface area contributed by atoms with Gasteiger partial charge in [-0.15, -0.1) is 0 Å². The fraction of sp³-hybridized carbons (Fsp3) is 0.647. The van der Waals surface area contributed by atoms with Crippen molar-refractivity contribution >= 4 is 15.9 Å². The van der Waals surface area contributed by atoms with E-state index < -0.39 is 15.6 Å². The monoisotopic (exact) mass is 657 g/mol. The van der Waals surface area contributed by atoms with E-state index in [9.17, 15) is 13.2 Å². The minimum atomic E-state index is -3.75. The van der Waals surface area contributed by atoms with Gasteiger partial charge in [0, 0.05) is 76.4 Å². The number of methoxy groups -OCH3 is 1. The molecule has 11 nitrogen and oxygen atoms in total. The van der Waals surface area contributed by atoms with Gasteiger partial charge in [-0.05, 0) is 75.9 Å². The Hall–Kier alpha value is -2.61. The largest absolute Gasteiger partial charge is 0.497 e. The van der Waals surface area contributed by atoms with Crippen LogP contribution in [0.5, 0.6) is 5.75 Å². The molecule has 4 heterocycles. The van der Waals surface area contributed by atoms with Crippen molar-refractivity contribution in [2.75, 3.05) is 86.3 Å². The first-order valence-electron chi connectivity index (χ1n) is 16.6. The zero-order valence-electron chi connectivity index (χ0n) is 27.9. The molecular formula is C34H51N5O6S. The lowest BCUT2D eigenvalue weighted by Gasteiger charge is -2.42. The number of carbonyl (C=O) groups excluding carboxylic acids is 1. The summed E-state index contributed by atoms with van der Waals surface area (Å²) in [4.78, 5) is 24.6. The van der Waals surface area contributed by atoms with Crippen LogP contribution in [0, 0.1) is 13.8 Å². The van der Waals surface area contributed by atoms with E-state index in [1.54, 1.807) is 43.6 Å². The molecule has 3 fully saturated rings. The summed E-state index contributed by atoms with van der Waals surface area (Å²) in [5, 5.41) is 0. The SMILES string of the molecule is COc1cc(C)c(S(=O)(=O)N2CCCCC2COCC(=O)N2CCC(OCCN3CCN(C)CC3)(c3cccnc3)CC2)c(C)c1. The predicted molar refractivity (Wildman–Crippen MR) is 176 cm³/mol. The Kier molecular flexibility index (Phi) is 11.7. The molecule has 1 unspecified atom stereocenters. The van der Waals surface area contributed by atoms with Crippen LogP contribution >= 0.6 is 0 Å². The van der Waals surface area contributed by atoms with E-state index in [1.165, 1.54) is 0 Å². The fourth-order valence-corrected chi connectivity index (χ4v) is 9.19. The van der Waals surface area contributed by atoms with E-state index in [4.69, 9.17) is 14.2 Å². The van der Waals surface area contributed by atoms with Gasteiger partial charge in [-0.1, -0.05) is 12.5 Å². The van der Waals surface area contributed by atoms with E-state index in [1.807, 2.05) is 17.2 Å². The molecule has 46 heavy (non-hydrogen) atoms. The van der Waals surface area contributed by atoms with Crippen LogP contribution in [-0.4, -0.2) is 131 Å². The molecule has 0 saturated carbocycles. The number of amides is 1. The highest BCUT2D eigenvalue weighted by molar-refractivity contribution is 7.89. The number of aromatic nitrogens is 1. The van der Waals surface area contributed by atoms with E-state index in [2.05, 4.69) is 27.9 Å². The van der Waals surface area contributed by atoms with Gasteiger partial charge in [0.2, 0.25) is 15.9 Å². The third-order valence-electron chi connectivity index (χ3n) is 9.84. The Morgan fingerprint density at radius 2 is 1.74 bits per heavy atom. The molecule has 0 aliphatic carbocycles. The molecule has 1 atom stereocenters. The molecule has 254 valence electrons. The lowest BCUT2D eigenvalue weighted by atomic mass is 9.85. The summed E-state index contributed by atoms with van der Waals surface area (Å²) in [6.45, 7) is 11.0. The molecule has 0 N–H and O–H groups in total. The minimum Gasteiger partial charge on any atom is -0.497 e. The van der Waals surface area contributed by atoms with Crippen molar-refractivity contribution in [2.24, 2.45) is 0 Å². The van der Waals surface area contributed by atoms with Crippen LogP contribution in [-0.2, 0) is 29.9 Å². The number of benzene rings is 1. The van der Waals surface area contributed by atoms with Gasteiger partial charge < -0.3 is 24.0 Å². The zero-order valence-corrected chi connectivity index (χ0v) is 28.8. The Balaban J connectivity index is 1.15. The first-order chi connectivity index (χ1) is 22.1. The number of carbonyl (C=O) groups is 1. The summed E-state index contributed by atoms with van der Waals surface area (Å²) >= 11 is 0. The fourth-order valence-electron chi connectivity index (χ4n) is 7.09. The number of likely N-dealkylation sites (N-methyl/N-ethyl adjacent to an activating group) is 1. The summed E-state index contributed by atoms with van der Waals surface area (Å²) in [5.41, 5.74) is 1.89. The number of hydrogen-bond donors (Lipinski definition) is 0. The summed E-state index contributed by atoms with van der Waals surface area (Å²) in [6, 6.07) is 7.21. The molecule has 12 heteroatoms. The molecule has 5 rings (SSSR count). The lowest BCUT2D eigenvalue weighted by Crippen LogP contribution is -2.49. The van der Waals surface area contributed by atoms with Gasteiger partial charge in [0.25, 0.3) is 0 Å². The number of likely N-dealkylation sites (tertiary alicyclic amines) is 1. The van der Waals surface area contributed by atoms with E-state index in [0.717, 1.165) is 51.1 Å². The molecule has 0 spiro atoms. The zero-order chi connectivity index (χ0) is 32.7. The number of rotatable bonds is 12. The molecule has 0 radical (unpaired) electrons. The third-order valence-corrected chi connectivity index (χ3v) is 12.1. The molecular weight excluding hydrogens is 606 g/mol. The van der Waals surface area contributed by atoms with Crippen LogP contribution in [0.2, 0.25) is 0 Å². The Morgan fingerprint density at radius 3 is 2.39 bits per heavy atom. The maximum atomic E-state index is 13.9. The highest BCUT2D eigenvalue weighted by atomic mass is 32.2. The standard InChI is InChI=1S/C34H51N5O6S/c1-27-22-31(43-4)23-28(2)33(27)46(41,42)39-13-6-5-9-30(39)25-44-26-32(40)38-14-10-34(11-15-38,29-8-7-12-35-24-29)45-21-20-37-18-16-36(3)17-19-37/h7-8,12,22-24,30H,5-6,9-11,13-21,25-26H2,1-4H3. The number of hydrogen-bond acceptors (Lipinski definition) is 9. The first kappa shape index (κ1) is 34.7. The summed E-state index contributed by atoms with van der Waals surface area (Å²) in [5.74, 6) is 0.558. The van der Waals surface area contributed by atoms with Crippen molar-refractivity contribution in [2.45, 2.75) is 62.5 Å². The normalized spacial score (nSPS) is 21.7. The van der Waals surface area contributed by atoms with Crippen molar-refractivity contribution in [1.29, 1.82) is 0 Å². The number of sulfonamides is 1. The number of piperazine rings is 1. The summed E-state index contributed by atoms with van der Waals surface area (Å²) in [7, 11) is -0.0122. The van der Waals surface area contributed by atoms with Crippen molar-refractivity contribution < 1.29 is 27.4 Å². The maximum Gasteiger partial charge on any atom is 0.248 e. The highest BCUT2D eigenvalue weighted by Gasteiger charge is 2.39. The summed E-state index contributed by atoms with van der Waals surface area (Å²) in [6.07, 6.45) is 7.44. The van der Waals surface area contributed by atoms with Crippen LogP contribution in [0.1, 0.15) is 48.8 Å². The maximum absolute atomic E-state index is 13.9. The van der Waals surface area contributed by atoms with Crippen molar-refractivity contribution in [3.8, 4) is 5.75 Å². The first-order valence-corrected chi connectivity index (χ1v) is 18.0. The number of pyridine rings is 1. The van der Waals surface area contributed by atoms with Crippen molar-refractivity contribution in [3.05, 3.63) is 53.3 Å². The Labute approximate surface area is 274 Å². The number of piperidine rings is 2. The van der Waals surface area contributed by atoms with E-state index in [-0.39, 0.29) is 25.2 Å². The van der Waals surface area contributed by atoms with Crippen LogP contribution in [0.4, 0.5) is 0 Å². The predicted octanol–water partition coefficient (Wildman–Crippen LogP) is 3.05. The quantitative estimate of drug-likeness (QED) is 0.341. The average molecular weight is 658 g/mol. The Bertz CT molecular complexity index is 1390. The van der Waals surface area contributed by atoms with Gasteiger partial charge in [0.05, 0.1) is 30.8 Å². The van der Waals surface area contributed by atoms with Crippen LogP contribution in [0.25, 0.3) is 0 Å². The molecule has 3 aliphatic rings. The molecule has 1 amide bonds. The van der Waals surface area contributed by atoms with Gasteiger partial charge in [-0.2, -0.15) is 4.31 Å². The lowest BCUT2D eigenvalue weighted by molar-refractivity contribution is -0.145. The van der Waals surface area contributed by atoms with Gasteiger partial charge >= 0.3 is 0 Å². The average Bonchev–Trinajstić information content (AvgIpc) is 3.06. The second-order valence-electron chi connectivity index (χ2n) is 13.0. The molecule has 0 bridgehead atoms. The second kappa shape index (κ2) is 15.5.